The van der Waals surface area contributed by atoms with E-state index in [0.29, 0.717) is 24.8 Å². The van der Waals surface area contributed by atoms with Crippen molar-refractivity contribution in [3.05, 3.63) is 29.1 Å². The fraction of sp³-hybridized carbons (Fsp3) is 0.600. The molecule has 0 radical (unpaired) electrons. The SMILES string of the molecule is CC.Cc1cc(CCCC(N)CO)cc(OC(F)(F)F)c1F. The first-order chi connectivity index (χ1) is 10.2. The summed E-state index contributed by atoms with van der Waals surface area (Å²) in [6, 6.07) is 2.16. The Morgan fingerprint density at radius 1 is 1.27 bits per heavy atom. The van der Waals surface area contributed by atoms with Crippen molar-refractivity contribution in [3.8, 4) is 5.75 Å². The molecule has 0 aliphatic rings. The van der Waals surface area contributed by atoms with Gasteiger partial charge in [0, 0.05) is 6.04 Å². The van der Waals surface area contributed by atoms with Gasteiger partial charge in [-0.3, -0.25) is 0 Å². The first kappa shape index (κ1) is 20.7. The molecule has 0 heterocycles. The third-order valence-corrected chi connectivity index (χ3v) is 2.78. The largest absolute Gasteiger partial charge is 0.573 e. The number of hydrogen-bond acceptors (Lipinski definition) is 3. The third kappa shape index (κ3) is 7.61. The van der Waals surface area contributed by atoms with Crippen LogP contribution in [0.25, 0.3) is 0 Å². The van der Waals surface area contributed by atoms with Crippen molar-refractivity contribution in [2.75, 3.05) is 6.61 Å². The Kier molecular flexibility index (Phi) is 9.04. The van der Waals surface area contributed by atoms with Crippen molar-refractivity contribution in [1.82, 2.24) is 0 Å². The molecule has 0 bridgehead atoms. The average Bonchev–Trinajstić information content (AvgIpc) is 2.44. The summed E-state index contributed by atoms with van der Waals surface area (Å²) in [5, 5.41) is 8.76. The molecule has 22 heavy (non-hydrogen) atoms. The van der Waals surface area contributed by atoms with Crippen molar-refractivity contribution in [2.24, 2.45) is 5.73 Å². The number of halogens is 4. The molecule has 1 rings (SSSR count). The number of benzene rings is 1. The van der Waals surface area contributed by atoms with Gasteiger partial charge < -0.3 is 15.6 Å². The highest BCUT2D eigenvalue weighted by Gasteiger charge is 2.32. The van der Waals surface area contributed by atoms with Gasteiger partial charge in [0.05, 0.1) is 6.61 Å². The van der Waals surface area contributed by atoms with Gasteiger partial charge in [0.25, 0.3) is 0 Å². The zero-order chi connectivity index (χ0) is 17.3. The molecule has 0 saturated carbocycles. The van der Waals surface area contributed by atoms with E-state index in [2.05, 4.69) is 4.74 Å². The highest BCUT2D eigenvalue weighted by atomic mass is 19.4. The molecular weight excluding hydrogens is 302 g/mol. The Labute approximate surface area is 128 Å². The van der Waals surface area contributed by atoms with Crippen LogP contribution < -0.4 is 10.5 Å². The summed E-state index contributed by atoms with van der Waals surface area (Å²) in [7, 11) is 0. The minimum absolute atomic E-state index is 0.0909. The van der Waals surface area contributed by atoms with E-state index in [9.17, 15) is 17.6 Å². The minimum Gasteiger partial charge on any atom is -0.403 e. The summed E-state index contributed by atoms with van der Waals surface area (Å²) < 4.78 is 53.7. The van der Waals surface area contributed by atoms with Crippen LogP contribution in [0, 0.1) is 12.7 Å². The molecule has 0 aromatic heterocycles. The van der Waals surface area contributed by atoms with Crippen LogP contribution in [0.3, 0.4) is 0 Å². The van der Waals surface area contributed by atoms with E-state index < -0.39 is 17.9 Å². The fourth-order valence-electron chi connectivity index (χ4n) is 1.81. The summed E-state index contributed by atoms with van der Waals surface area (Å²) in [5.74, 6) is -1.84. The molecule has 128 valence electrons. The lowest BCUT2D eigenvalue weighted by Crippen LogP contribution is -2.24. The topological polar surface area (TPSA) is 55.5 Å². The number of aryl methyl sites for hydroxylation is 2. The first-order valence-electron chi connectivity index (χ1n) is 7.14. The highest BCUT2D eigenvalue weighted by Crippen LogP contribution is 2.29. The lowest BCUT2D eigenvalue weighted by atomic mass is 10.0. The van der Waals surface area contributed by atoms with Crippen LogP contribution in [0.1, 0.15) is 37.8 Å². The smallest absolute Gasteiger partial charge is 0.403 e. The van der Waals surface area contributed by atoms with Gasteiger partial charge in [0.15, 0.2) is 11.6 Å². The molecule has 1 atom stereocenters. The molecule has 1 aromatic rings. The molecule has 3 N–H and O–H groups in total. The number of alkyl halides is 3. The van der Waals surface area contributed by atoms with Crippen LogP contribution in [-0.4, -0.2) is 24.1 Å². The summed E-state index contributed by atoms with van der Waals surface area (Å²) in [4.78, 5) is 0. The fourth-order valence-corrected chi connectivity index (χ4v) is 1.81. The van der Waals surface area contributed by atoms with Crippen molar-refractivity contribution in [3.63, 3.8) is 0 Å². The molecule has 0 spiro atoms. The predicted octanol–water partition coefficient (Wildman–Crippen LogP) is 3.70. The van der Waals surface area contributed by atoms with Crippen LogP contribution in [0.2, 0.25) is 0 Å². The standard InChI is InChI=1S/C13H17F4NO2.C2H6/c1-8-5-9(3-2-4-10(18)7-19)6-11(12(8)14)20-13(15,16)17;1-2/h5-6,10,19H,2-4,7,18H2,1H3;1-2H3. The quantitative estimate of drug-likeness (QED) is 0.784. The van der Waals surface area contributed by atoms with Gasteiger partial charge in [-0.25, -0.2) is 4.39 Å². The van der Waals surface area contributed by atoms with Crippen LogP contribution in [-0.2, 0) is 6.42 Å². The second kappa shape index (κ2) is 9.63. The molecule has 0 fully saturated rings. The lowest BCUT2D eigenvalue weighted by molar-refractivity contribution is -0.275. The highest BCUT2D eigenvalue weighted by molar-refractivity contribution is 5.36. The molecule has 1 aromatic carbocycles. The first-order valence-corrected chi connectivity index (χ1v) is 7.14. The summed E-state index contributed by atoms with van der Waals surface area (Å²) in [5.41, 5.74) is 6.15. The molecule has 0 saturated heterocycles. The van der Waals surface area contributed by atoms with Crippen molar-refractivity contribution in [2.45, 2.75) is 52.4 Å². The van der Waals surface area contributed by atoms with Gasteiger partial charge in [-0.2, -0.15) is 0 Å². The Bertz CT molecular complexity index is 450. The number of rotatable bonds is 6. The Morgan fingerprint density at radius 3 is 2.36 bits per heavy atom. The lowest BCUT2D eigenvalue weighted by Gasteiger charge is -2.13. The monoisotopic (exact) mass is 325 g/mol. The number of hydrogen-bond donors (Lipinski definition) is 2. The van der Waals surface area contributed by atoms with E-state index in [1.54, 1.807) is 0 Å². The molecule has 1 unspecified atom stereocenters. The van der Waals surface area contributed by atoms with Crippen molar-refractivity contribution >= 4 is 0 Å². The maximum absolute atomic E-state index is 13.5. The Morgan fingerprint density at radius 2 is 1.86 bits per heavy atom. The van der Waals surface area contributed by atoms with E-state index in [1.165, 1.54) is 13.0 Å². The zero-order valence-electron chi connectivity index (χ0n) is 13.0. The molecule has 7 heteroatoms. The van der Waals surface area contributed by atoms with Crippen molar-refractivity contribution in [1.29, 1.82) is 0 Å². The Hall–Kier alpha value is -1.34. The van der Waals surface area contributed by atoms with E-state index >= 15 is 0 Å². The van der Waals surface area contributed by atoms with E-state index in [-0.39, 0.29) is 18.2 Å². The second-order valence-electron chi connectivity index (χ2n) is 4.61. The summed E-state index contributed by atoms with van der Waals surface area (Å²) in [6.07, 6.45) is -3.38. The van der Waals surface area contributed by atoms with E-state index in [0.717, 1.165) is 6.07 Å². The predicted molar refractivity (Wildman–Crippen MR) is 77.2 cm³/mol. The van der Waals surface area contributed by atoms with Gasteiger partial charge in [0.2, 0.25) is 0 Å². The normalized spacial score (nSPS) is 12.4. The summed E-state index contributed by atoms with van der Waals surface area (Å²) >= 11 is 0. The van der Waals surface area contributed by atoms with E-state index in [1.807, 2.05) is 13.8 Å². The van der Waals surface area contributed by atoms with Gasteiger partial charge in [-0.05, 0) is 43.4 Å². The van der Waals surface area contributed by atoms with Gasteiger partial charge in [0.1, 0.15) is 0 Å². The van der Waals surface area contributed by atoms with Crippen LogP contribution in [0.4, 0.5) is 17.6 Å². The number of aliphatic hydroxyl groups excluding tert-OH is 1. The van der Waals surface area contributed by atoms with Gasteiger partial charge in [-0.15, -0.1) is 13.2 Å². The Balaban J connectivity index is 0.00000211. The maximum Gasteiger partial charge on any atom is 0.573 e. The number of aliphatic hydroxyl groups is 1. The molecule has 0 amide bonds. The number of ether oxygens (including phenoxy) is 1. The van der Waals surface area contributed by atoms with Crippen molar-refractivity contribution < 1.29 is 27.4 Å². The molecule has 3 nitrogen and oxygen atoms in total. The summed E-state index contributed by atoms with van der Waals surface area (Å²) in [6.45, 7) is 5.23. The third-order valence-electron chi connectivity index (χ3n) is 2.78. The van der Waals surface area contributed by atoms with Gasteiger partial charge in [-0.1, -0.05) is 19.9 Å². The van der Waals surface area contributed by atoms with Crippen LogP contribution in [0.5, 0.6) is 5.75 Å². The average molecular weight is 325 g/mol. The molecule has 0 aliphatic carbocycles. The van der Waals surface area contributed by atoms with Crippen LogP contribution in [0.15, 0.2) is 12.1 Å². The van der Waals surface area contributed by atoms with Gasteiger partial charge >= 0.3 is 6.36 Å². The van der Waals surface area contributed by atoms with E-state index in [4.69, 9.17) is 10.8 Å². The molecular formula is C15H23F4NO2. The zero-order valence-corrected chi connectivity index (χ0v) is 13.0. The number of nitrogens with two attached hydrogens (primary N) is 1. The minimum atomic E-state index is -4.93. The second-order valence-corrected chi connectivity index (χ2v) is 4.61. The van der Waals surface area contributed by atoms with Crippen LogP contribution >= 0.6 is 0 Å². The molecule has 0 aliphatic heterocycles. The maximum atomic E-state index is 13.5.